The van der Waals surface area contributed by atoms with Gasteiger partial charge in [0.25, 0.3) is 0 Å². The molecule has 2 aromatic rings. The van der Waals surface area contributed by atoms with Crippen LogP contribution >= 0.6 is 0 Å². The van der Waals surface area contributed by atoms with Gasteiger partial charge in [0.05, 0.1) is 18.8 Å². The van der Waals surface area contributed by atoms with Crippen molar-refractivity contribution in [3.63, 3.8) is 0 Å². The third-order valence-corrected chi connectivity index (χ3v) is 5.87. The fourth-order valence-electron chi connectivity index (χ4n) is 2.62. The molecule has 0 aliphatic rings. The van der Waals surface area contributed by atoms with Crippen LogP contribution < -0.4 is 14.4 Å². The van der Waals surface area contributed by atoms with Crippen LogP contribution in [0.1, 0.15) is 18.5 Å². The molecule has 0 saturated heterocycles. The van der Waals surface area contributed by atoms with E-state index < -0.39 is 16.1 Å². The highest BCUT2D eigenvalue weighted by molar-refractivity contribution is 7.90. The standard InChI is InChI=1S/C19H25N3O4S/c1-15(17-12-8-9-13-18(17)26-4)20-19(23)14-22(27(24,25)21(2)3)16-10-6-5-7-11-16/h5-13,15H,14H2,1-4H3,(H,20,23). The minimum Gasteiger partial charge on any atom is -0.496 e. The lowest BCUT2D eigenvalue weighted by atomic mass is 10.1. The van der Waals surface area contributed by atoms with Gasteiger partial charge in [-0.05, 0) is 25.1 Å². The molecule has 0 bridgehead atoms. The number of rotatable bonds is 8. The van der Waals surface area contributed by atoms with E-state index in [1.807, 2.05) is 31.2 Å². The molecule has 0 aliphatic heterocycles. The summed E-state index contributed by atoms with van der Waals surface area (Å²) in [5.74, 6) is 0.244. The van der Waals surface area contributed by atoms with Gasteiger partial charge in [-0.15, -0.1) is 0 Å². The highest BCUT2D eigenvalue weighted by atomic mass is 32.2. The molecular formula is C19H25N3O4S. The lowest BCUT2D eigenvalue weighted by molar-refractivity contribution is -0.120. The summed E-state index contributed by atoms with van der Waals surface area (Å²) < 4.78 is 32.8. The first-order chi connectivity index (χ1) is 12.8. The number of methoxy groups -OCH3 is 1. The Morgan fingerprint density at radius 3 is 2.26 bits per heavy atom. The maximum atomic E-state index is 12.7. The van der Waals surface area contributed by atoms with Gasteiger partial charge in [-0.1, -0.05) is 36.4 Å². The summed E-state index contributed by atoms with van der Waals surface area (Å²) in [7, 11) is 0.607. The van der Waals surface area contributed by atoms with E-state index in [0.717, 1.165) is 14.2 Å². The average Bonchev–Trinajstić information content (AvgIpc) is 2.66. The van der Waals surface area contributed by atoms with Crippen LogP contribution in [0.15, 0.2) is 54.6 Å². The van der Waals surface area contributed by atoms with Crippen molar-refractivity contribution in [2.45, 2.75) is 13.0 Å². The van der Waals surface area contributed by atoms with Crippen LogP contribution in [0.4, 0.5) is 5.69 Å². The molecule has 7 nitrogen and oxygen atoms in total. The fourth-order valence-corrected chi connectivity index (χ4v) is 3.68. The Hall–Kier alpha value is -2.58. The largest absolute Gasteiger partial charge is 0.496 e. The van der Waals surface area contributed by atoms with E-state index in [1.54, 1.807) is 37.4 Å². The predicted octanol–water partition coefficient (Wildman–Crippen LogP) is 2.19. The zero-order valence-corrected chi connectivity index (χ0v) is 16.7. The van der Waals surface area contributed by atoms with Gasteiger partial charge in [0.1, 0.15) is 12.3 Å². The van der Waals surface area contributed by atoms with E-state index in [2.05, 4.69) is 5.32 Å². The molecular weight excluding hydrogens is 366 g/mol. The number of anilines is 1. The molecule has 0 heterocycles. The minimum atomic E-state index is -3.82. The van der Waals surface area contributed by atoms with Crippen molar-refractivity contribution in [1.29, 1.82) is 0 Å². The number of para-hydroxylation sites is 2. The second-order valence-corrected chi connectivity index (χ2v) is 8.23. The predicted molar refractivity (Wildman–Crippen MR) is 106 cm³/mol. The Kier molecular flexibility index (Phi) is 6.81. The molecule has 0 aromatic heterocycles. The zero-order chi connectivity index (χ0) is 20.0. The number of carbonyl (C=O) groups is 1. The lowest BCUT2D eigenvalue weighted by Crippen LogP contribution is -2.46. The van der Waals surface area contributed by atoms with Gasteiger partial charge in [0.2, 0.25) is 5.91 Å². The first kappa shape index (κ1) is 20.7. The molecule has 8 heteroatoms. The fraction of sp³-hybridized carbons (Fsp3) is 0.316. The van der Waals surface area contributed by atoms with Crippen molar-refractivity contribution in [2.24, 2.45) is 0 Å². The molecule has 1 unspecified atom stereocenters. The lowest BCUT2D eigenvalue weighted by Gasteiger charge is -2.27. The SMILES string of the molecule is COc1ccccc1C(C)NC(=O)CN(c1ccccc1)S(=O)(=O)N(C)C. The Morgan fingerprint density at radius 2 is 1.67 bits per heavy atom. The first-order valence-electron chi connectivity index (χ1n) is 8.45. The maximum absolute atomic E-state index is 12.7. The minimum absolute atomic E-state index is 0.329. The smallest absolute Gasteiger partial charge is 0.304 e. The summed E-state index contributed by atoms with van der Waals surface area (Å²) in [6, 6.07) is 15.6. The van der Waals surface area contributed by atoms with Crippen LogP contribution in [0.5, 0.6) is 5.75 Å². The van der Waals surface area contributed by atoms with Crippen molar-refractivity contribution in [2.75, 3.05) is 32.1 Å². The Bertz CT molecular complexity index is 870. The zero-order valence-electron chi connectivity index (χ0n) is 15.9. The molecule has 2 rings (SSSR count). The molecule has 2 aromatic carbocycles. The summed E-state index contributed by atoms with van der Waals surface area (Å²) in [5, 5.41) is 2.84. The molecule has 0 spiro atoms. The Labute approximate surface area is 160 Å². The number of ether oxygens (including phenoxy) is 1. The van der Waals surface area contributed by atoms with Crippen molar-refractivity contribution < 1.29 is 17.9 Å². The number of nitrogens with one attached hydrogen (secondary N) is 1. The van der Waals surface area contributed by atoms with Gasteiger partial charge in [-0.3, -0.25) is 4.79 Å². The molecule has 0 saturated carbocycles. The van der Waals surface area contributed by atoms with E-state index in [0.29, 0.717) is 11.4 Å². The normalized spacial score (nSPS) is 12.5. The molecule has 1 atom stereocenters. The van der Waals surface area contributed by atoms with Crippen molar-refractivity contribution >= 4 is 21.8 Å². The number of benzene rings is 2. The van der Waals surface area contributed by atoms with Crippen LogP contribution in [0.2, 0.25) is 0 Å². The van der Waals surface area contributed by atoms with Crippen LogP contribution in [0.3, 0.4) is 0 Å². The van der Waals surface area contributed by atoms with Crippen molar-refractivity contribution in [3.05, 3.63) is 60.2 Å². The van der Waals surface area contributed by atoms with Gasteiger partial charge in [0, 0.05) is 19.7 Å². The van der Waals surface area contributed by atoms with Crippen LogP contribution in [-0.4, -0.2) is 46.4 Å². The molecule has 0 aliphatic carbocycles. The van der Waals surface area contributed by atoms with Gasteiger partial charge in [-0.25, -0.2) is 4.31 Å². The summed E-state index contributed by atoms with van der Waals surface area (Å²) in [6.45, 7) is 1.49. The number of amides is 1. The molecule has 0 fully saturated rings. The van der Waals surface area contributed by atoms with E-state index in [-0.39, 0.29) is 12.6 Å². The number of hydrogen-bond acceptors (Lipinski definition) is 4. The number of hydrogen-bond donors (Lipinski definition) is 1. The average molecular weight is 391 g/mol. The van der Waals surface area contributed by atoms with E-state index in [9.17, 15) is 13.2 Å². The monoisotopic (exact) mass is 391 g/mol. The van der Waals surface area contributed by atoms with Crippen LogP contribution in [-0.2, 0) is 15.0 Å². The molecule has 0 radical (unpaired) electrons. The molecule has 146 valence electrons. The summed E-state index contributed by atoms with van der Waals surface area (Å²) in [4.78, 5) is 12.6. The highest BCUT2D eigenvalue weighted by Crippen LogP contribution is 2.24. The third kappa shape index (κ3) is 4.99. The Morgan fingerprint density at radius 1 is 1.07 bits per heavy atom. The quantitative estimate of drug-likeness (QED) is 0.748. The van der Waals surface area contributed by atoms with Crippen molar-refractivity contribution in [3.8, 4) is 5.75 Å². The highest BCUT2D eigenvalue weighted by Gasteiger charge is 2.27. The van der Waals surface area contributed by atoms with Crippen LogP contribution in [0.25, 0.3) is 0 Å². The maximum Gasteiger partial charge on any atom is 0.304 e. The Balaban J connectivity index is 2.21. The van der Waals surface area contributed by atoms with Gasteiger partial charge in [0.15, 0.2) is 0 Å². The van der Waals surface area contributed by atoms with Crippen LogP contribution in [0, 0.1) is 0 Å². The third-order valence-electron chi connectivity index (χ3n) is 4.05. The molecule has 1 N–H and O–H groups in total. The van der Waals surface area contributed by atoms with Gasteiger partial charge in [-0.2, -0.15) is 12.7 Å². The van der Waals surface area contributed by atoms with Crippen molar-refractivity contribution in [1.82, 2.24) is 9.62 Å². The van der Waals surface area contributed by atoms with E-state index in [1.165, 1.54) is 14.1 Å². The molecule has 27 heavy (non-hydrogen) atoms. The second-order valence-electron chi connectivity index (χ2n) is 6.16. The second kappa shape index (κ2) is 8.88. The summed E-state index contributed by atoms with van der Waals surface area (Å²) >= 11 is 0. The first-order valence-corrected chi connectivity index (χ1v) is 9.84. The van der Waals surface area contributed by atoms with Gasteiger partial charge >= 0.3 is 10.2 Å². The van der Waals surface area contributed by atoms with E-state index in [4.69, 9.17) is 4.74 Å². The summed E-state index contributed by atoms with van der Waals surface area (Å²) in [6.07, 6.45) is 0. The summed E-state index contributed by atoms with van der Waals surface area (Å²) in [5.41, 5.74) is 1.24. The molecule has 1 amide bonds. The number of nitrogens with zero attached hydrogens (tertiary/aromatic N) is 2. The van der Waals surface area contributed by atoms with E-state index >= 15 is 0 Å². The van der Waals surface area contributed by atoms with Gasteiger partial charge < -0.3 is 10.1 Å². The number of carbonyl (C=O) groups excluding carboxylic acids is 1. The topological polar surface area (TPSA) is 79.0 Å².